The van der Waals surface area contributed by atoms with Crippen molar-refractivity contribution in [3.8, 4) is 11.5 Å². The molecule has 0 unspecified atom stereocenters. The van der Waals surface area contributed by atoms with Crippen molar-refractivity contribution in [3.63, 3.8) is 0 Å². The van der Waals surface area contributed by atoms with Crippen LogP contribution in [0.15, 0.2) is 89.9 Å². The molecule has 0 bridgehead atoms. The maximum Gasteiger partial charge on any atom is 0.252 e. The van der Waals surface area contributed by atoms with Crippen LogP contribution in [0.5, 0.6) is 11.5 Å². The van der Waals surface area contributed by atoms with Crippen molar-refractivity contribution in [2.24, 2.45) is 4.99 Å². The molecule has 2 fully saturated rings. The summed E-state index contributed by atoms with van der Waals surface area (Å²) < 4.78 is 30.4. The standard InChI is InChI=1S/C25H22N2O4S2/c28-24(15-18-7-3-1-4-8-18)26-25-27(22-16-33(29,30)17-23(22)32-25)19-11-13-21(14-12-19)31-20-9-5-2-6-10-20/h1-14,22-23H,15-17H2/t22-,23+/m1/s1. The summed E-state index contributed by atoms with van der Waals surface area (Å²) in [6.45, 7) is 0. The molecular weight excluding hydrogens is 456 g/mol. The van der Waals surface area contributed by atoms with Gasteiger partial charge in [-0.15, -0.1) is 0 Å². The Kier molecular flexibility index (Phi) is 5.95. The molecule has 2 aliphatic heterocycles. The SMILES string of the molecule is O=C(Cc1ccccc1)N=C1S[C@H]2CS(=O)(=O)C[C@H]2N1c1ccc(Oc2ccccc2)cc1. The number of sulfone groups is 1. The van der Waals surface area contributed by atoms with E-state index in [0.29, 0.717) is 10.9 Å². The van der Waals surface area contributed by atoms with Gasteiger partial charge in [0, 0.05) is 10.9 Å². The van der Waals surface area contributed by atoms with E-state index in [4.69, 9.17) is 4.74 Å². The zero-order valence-electron chi connectivity index (χ0n) is 17.7. The monoisotopic (exact) mass is 478 g/mol. The summed E-state index contributed by atoms with van der Waals surface area (Å²) in [6, 6.07) is 26.1. The van der Waals surface area contributed by atoms with Crippen LogP contribution in [0, 0.1) is 0 Å². The van der Waals surface area contributed by atoms with Crippen LogP contribution in [0.2, 0.25) is 0 Å². The minimum Gasteiger partial charge on any atom is -0.457 e. The van der Waals surface area contributed by atoms with Gasteiger partial charge in [0.15, 0.2) is 15.0 Å². The zero-order valence-corrected chi connectivity index (χ0v) is 19.3. The molecule has 0 aliphatic carbocycles. The molecule has 0 aromatic heterocycles. The van der Waals surface area contributed by atoms with Crippen molar-refractivity contribution in [1.29, 1.82) is 0 Å². The van der Waals surface area contributed by atoms with Gasteiger partial charge in [-0.2, -0.15) is 4.99 Å². The highest BCUT2D eigenvalue weighted by Crippen LogP contribution is 2.41. The number of hydrogen-bond donors (Lipinski definition) is 0. The number of para-hydroxylation sites is 1. The summed E-state index contributed by atoms with van der Waals surface area (Å²) in [5, 5.41) is 0.413. The molecule has 0 spiro atoms. The molecule has 33 heavy (non-hydrogen) atoms. The molecule has 6 nitrogen and oxygen atoms in total. The number of carbonyl (C=O) groups is 1. The molecule has 2 aliphatic rings. The highest BCUT2D eigenvalue weighted by Gasteiger charge is 2.49. The molecule has 2 saturated heterocycles. The number of aliphatic imine (C=N–C) groups is 1. The first-order valence-corrected chi connectivity index (χ1v) is 13.3. The van der Waals surface area contributed by atoms with Crippen LogP contribution < -0.4 is 9.64 Å². The number of fused-ring (bicyclic) bond motifs is 1. The molecule has 1 amide bonds. The Bertz CT molecular complexity index is 1280. The summed E-state index contributed by atoms with van der Waals surface area (Å²) in [5.74, 6) is 1.31. The van der Waals surface area contributed by atoms with Gasteiger partial charge in [0.2, 0.25) is 0 Å². The van der Waals surface area contributed by atoms with Crippen LogP contribution in [0.1, 0.15) is 5.56 Å². The summed E-state index contributed by atoms with van der Waals surface area (Å²) in [7, 11) is -3.12. The van der Waals surface area contributed by atoms with Crippen LogP contribution in [0.25, 0.3) is 0 Å². The second-order valence-corrected chi connectivity index (χ2v) is 11.4. The lowest BCUT2D eigenvalue weighted by atomic mass is 10.1. The number of carbonyl (C=O) groups excluding carboxylic acids is 1. The molecule has 2 atom stereocenters. The molecule has 0 saturated carbocycles. The largest absolute Gasteiger partial charge is 0.457 e. The number of amidine groups is 1. The van der Waals surface area contributed by atoms with Crippen molar-refractivity contribution in [3.05, 3.63) is 90.5 Å². The van der Waals surface area contributed by atoms with E-state index in [1.54, 1.807) is 0 Å². The van der Waals surface area contributed by atoms with Gasteiger partial charge in [-0.3, -0.25) is 4.79 Å². The molecular formula is C25H22N2O4S2. The smallest absolute Gasteiger partial charge is 0.252 e. The molecule has 3 aromatic carbocycles. The molecule has 8 heteroatoms. The van der Waals surface area contributed by atoms with Crippen molar-refractivity contribution >= 4 is 38.4 Å². The lowest BCUT2D eigenvalue weighted by Crippen LogP contribution is -2.37. The Morgan fingerprint density at radius 2 is 1.55 bits per heavy atom. The Balaban J connectivity index is 1.40. The minimum atomic E-state index is -3.12. The number of nitrogens with zero attached hydrogens (tertiary/aromatic N) is 2. The van der Waals surface area contributed by atoms with Crippen molar-refractivity contribution in [2.75, 3.05) is 16.4 Å². The highest BCUT2D eigenvalue weighted by molar-refractivity contribution is 8.16. The van der Waals surface area contributed by atoms with Crippen LogP contribution >= 0.6 is 11.8 Å². The first-order chi connectivity index (χ1) is 16.0. The van der Waals surface area contributed by atoms with Gasteiger partial charge < -0.3 is 9.64 Å². The number of amides is 1. The van der Waals surface area contributed by atoms with E-state index in [1.807, 2.05) is 89.8 Å². The molecule has 3 aromatic rings. The molecule has 0 N–H and O–H groups in total. The zero-order chi connectivity index (χ0) is 22.8. The van der Waals surface area contributed by atoms with Crippen LogP contribution in [-0.2, 0) is 21.1 Å². The molecule has 2 heterocycles. The second kappa shape index (κ2) is 9.03. The predicted octanol–water partition coefficient (Wildman–Crippen LogP) is 4.32. The summed E-state index contributed by atoms with van der Waals surface area (Å²) in [4.78, 5) is 19.0. The van der Waals surface area contributed by atoms with Gasteiger partial charge in [0.25, 0.3) is 5.91 Å². The Morgan fingerprint density at radius 3 is 2.24 bits per heavy atom. The summed E-state index contributed by atoms with van der Waals surface area (Å²) >= 11 is 1.38. The van der Waals surface area contributed by atoms with Gasteiger partial charge in [0.05, 0.1) is 24.0 Å². The van der Waals surface area contributed by atoms with Gasteiger partial charge in [-0.05, 0) is 42.0 Å². The first-order valence-electron chi connectivity index (χ1n) is 10.6. The number of benzene rings is 3. The topological polar surface area (TPSA) is 76.0 Å². The highest BCUT2D eigenvalue weighted by atomic mass is 32.2. The first kappa shape index (κ1) is 21.7. The van der Waals surface area contributed by atoms with Crippen molar-refractivity contribution in [2.45, 2.75) is 17.7 Å². The summed E-state index contributed by atoms with van der Waals surface area (Å²) in [5.41, 5.74) is 1.69. The molecule has 168 valence electrons. The van der Waals surface area contributed by atoms with E-state index in [2.05, 4.69) is 4.99 Å². The second-order valence-electron chi connectivity index (χ2n) is 8.03. The van der Waals surface area contributed by atoms with Gasteiger partial charge in [0.1, 0.15) is 11.5 Å². The van der Waals surface area contributed by atoms with Crippen molar-refractivity contribution < 1.29 is 17.9 Å². The van der Waals surface area contributed by atoms with Gasteiger partial charge >= 0.3 is 0 Å². The number of rotatable bonds is 5. The van der Waals surface area contributed by atoms with E-state index < -0.39 is 9.84 Å². The Morgan fingerprint density at radius 1 is 0.909 bits per heavy atom. The Labute approximate surface area is 197 Å². The maximum absolute atomic E-state index is 12.7. The Hall–Kier alpha value is -3.10. The molecule has 0 radical (unpaired) electrons. The third-order valence-corrected chi connectivity index (χ3v) is 8.79. The molecule has 5 rings (SSSR count). The fourth-order valence-corrected chi connectivity index (χ4v) is 8.01. The fraction of sp³-hybridized carbons (Fsp3) is 0.200. The van der Waals surface area contributed by atoms with Crippen molar-refractivity contribution in [1.82, 2.24) is 0 Å². The van der Waals surface area contributed by atoms with E-state index in [9.17, 15) is 13.2 Å². The van der Waals surface area contributed by atoms with Crippen LogP contribution in [0.4, 0.5) is 5.69 Å². The maximum atomic E-state index is 12.7. The van der Waals surface area contributed by atoms with Gasteiger partial charge in [-0.25, -0.2) is 8.42 Å². The number of ether oxygens (including phenoxy) is 1. The number of hydrogen-bond acceptors (Lipinski definition) is 5. The average Bonchev–Trinajstić information content (AvgIpc) is 3.26. The van der Waals surface area contributed by atoms with E-state index in [1.165, 1.54) is 11.8 Å². The van der Waals surface area contributed by atoms with E-state index in [0.717, 1.165) is 17.0 Å². The lowest BCUT2D eigenvalue weighted by Gasteiger charge is -2.24. The number of anilines is 1. The van der Waals surface area contributed by atoms with E-state index in [-0.39, 0.29) is 35.1 Å². The van der Waals surface area contributed by atoms with E-state index >= 15 is 0 Å². The fourth-order valence-electron chi connectivity index (χ4n) is 4.08. The average molecular weight is 479 g/mol. The summed E-state index contributed by atoms with van der Waals surface area (Å²) in [6.07, 6.45) is 0.205. The third-order valence-electron chi connectivity index (χ3n) is 5.58. The van der Waals surface area contributed by atoms with Crippen LogP contribution in [-0.4, -0.2) is 42.3 Å². The van der Waals surface area contributed by atoms with Crippen LogP contribution in [0.3, 0.4) is 0 Å². The normalized spacial score (nSPS) is 22.3. The lowest BCUT2D eigenvalue weighted by molar-refractivity contribution is -0.117. The third kappa shape index (κ3) is 4.96. The number of thioether (sulfide) groups is 1. The quantitative estimate of drug-likeness (QED) is 0.544. The van der Waals surface area contributed by atoms with Gasteiger partial charge in [-0.1, -0.05) is 60.3 Å². The minimum absolute atomic E-state index is 0.0544. The predicted molar refractivity (Wildman–Crippen MR) is 132 cm³/mol.